The lowest BCUT2D eigenvalue weighted by molar-refractivity contribution is 0.102. The molecule has 3 rings (SSSR count). The summed E-state index contributed by atoms with van der Waals surface area (Å²) in [4.78, 5) is 24.5. The van der Waals surface area contributed by atoms with Gasteiger partial charge in [0.1, 0.15) is 17.6 Å². The minimum Gasteiger partial charge on any atom is -0.479 e. The molecule has 0 aliphatic rings. The highest BCUT2D eigenvalue weighted by molar-refractivity contribution is 6.11. The first-order valence-corrected chi connectivity index (χ1v) is 6.79. The molecule has 24 heavy (non-hydrogen) atoms. The molecule has 3 N–H and O–H groups in total. The Labute approximate surface area is 135 Å². The van der Waals surface area contributed by atoms with E-state index in [2.05, 4.69) is 25.4 Å². The fourth-order valence-corrected chi connectivity index (χ4v) is 2.14. The molecule has 3 aromatic heterocycles. The van der Waals surface area contributed by atoms with Crippen molar-refractivity contribution in [3.05, 3.63) is 36.0 Å². The van der Waals surface area contributed by atoms with Crippen LogP contribution in [0, 0.1) is 11.3 Å². The molecule has 0 radical (unpaired) electrons. The van der Waals surface area contributed by atoms with Gasteiger partial charge in [0, 0.05) is 18.0 Å². The van der Waals surface area contributed by atoms with Gasteiger partial charge in [0.25, 0.3) is 5.91 Å². The third-order valence-electron chi connectivity index (χ3n) is 3.18. The molecule has 10 heteroatoms. The topological polar surface area (TPSA) is 144 Å². The third-order valence-corrected chi connectivity index (χ3v) is 3.18. The maximum absolute atomic E-state index is 12.5. The highest BCUT2D eigenvalue weighted by atomic mass is 16.5. The lowest BCUT2D eigenvalue weighted by atomic mass is 10.2. The molecule has 0 atom stereocenters. The zero-order chi connectivity index (χ0) is 17.1. The van der Waals surface area contributed by atoms with Crippen LogP contribution >= 0.6 is 0 Å². The van der Waals surface area contributed by atoms with Crippen molar-refractivity contribution >= 4 is 23.1 Å². The summed E-state index contributed by atoms with van der Waals surface area (Å²) in [5, 5.41) is 15.4. The molecule has 3 aromatic rings. The number of anilines is 2. The number of nitrogens with zero attached hydrogens (tertiary/aromatic N) is 6. The summed E-state index contributed by atoms with van der Waals surface area (Å²) < 4.78 is 6.43. The first-order valence-electron chi connectivity index (χ1n) is 6.79. The van der Waals surface area contributed by atoms with Crippen LogP contribution in [0.1, 0.15) is 15.9 Å². The number of hydrogen-bond donors (Lipinski definition) is 2. The summed E-state index contributed by atoms with van der Waals surface area (Å²) in [6.45, 7) is 0. The smallest absolute Gasteiger partial charge is 0.263 e. The van der Waals surface area contributed by atoms with Gasteiger partial charge in [0.2, 0.25) is 5.88 Å². The number of carbonyl (C=O) groups is 1. The SMILES string of the molecule is COc1ncncc1NC(=O)c1c(N)nn2cc(CC#N)cnc12. The van der Waals surface area contributed by atoms with Crippen LogP contribution in [0.15, 0.2) is 24.9 Å². The summed E-state index contributed by atoms with van der Waals surface area (Å²) in [6.07, 6.45) is 6.00. The number of amides is 1. The minimum atomic E-state index is -0.517. The molecule has 0 bridgehead atoms. The molecule has 0 fully saturated rings. The predicted octanol–water partition coefficient (Wildman–Crippen LogP) is 0.428. The first kappa shape index (κ1) is 15.2. The lowest BCUT2D eigenvalue weighted by Crippen LogP contribution is -2.15. The average molecular weight is 324 g/mol. The van der Waals surface area contributed by atoms with E-state index in [-0.39, 0.29) is 29.3 Å². The van der Waals surface area contributed by atoms with Crippen LogP contribution in [0.4, 0.5) is 11.5 Å². The summed E-state index contributed by atoms with van der Waals surface area (Å²) in [5.74, 6) is -0.279. The Balaban J connectivity index is 1.98. The molecule has 3 heterocycles. The maximum atomic E-state index is 12.5. The highest BCUT2D eigenvalue weighted by Gasteiger charge is 2.21. The fourth-order valence-electron chi connectivity index (χ4n) is 2.14. The summed E-state index contributed by atoms with van der Waals surface area (Å²) >= 11 is 0. The Morgan fingerprint density at radius 3 is 3.04 bits per heavy atom. The van der Waals surface area contributed by atoms with Crippen LogP contribution in [0.2, 0.25) is 0 Å². The van der Waals surface area contributed by atoms with Gasteiger partial charge in [-0.25, -0.2) is 14.5 Å². The molecular formula is C14H12N8O2. The molecule has 0 aromatic carbocycles. The van der Waals surface area contributed by atoms with E-state index in [1.807, 2.05) is 6.07 Å². The van der Waals surface area contributed by atoms with Crippen molar-refractivity contribution in [1.29, 1.82) is 5.26 Å². The Bertz CT molecular complexity index is 959. The van der Waals surface area contributed by atoms with Crippen LogP contribution in [-0.2, 0) is 6.42 Å². The number of hydrogen-bond acceptors (Lipinski definition) is 8. The van der Waals surface area contributed by atoms with Crippen molar-refractivity contribution < 1.29 is 9.53 Å². The second-order valence-corrected chi connectivity index (χ2v) is 4.73. The van der Waals surface area contributed by atoms with E-state index < -0.39 is 5.91 Å². The van der Waals surface area contributed by atoms with Gasteiger partial charge >= 0.3 is 0 Å². The monoisotopic (exact) mass is 324 g/mol. The number of nitrogens with two attached hydrogens (primary N) is 1. The minimum absolute atomic E-state index is 0.0184. The predicted molar refractivity (Wildman–Crippen MR) is 83.3 cm³/mol. The number of carbonyl (C=O) groups excluding carboxylic acids is 1. The number of aromatic nitrogens is 5. The van der Waals surface area contributed by atoms with Crippen LogP contribution < -0.4 is 15.8 Å². The molecule has 0 spiro atoms. The Kier molecular flexibility index (Phi) is 3.90. The third kappa shape index (κ3) is 2.66. The van der Waals surface area contributed by atoms with Crippen molar-refractivity contribution in [2.24, 2.45) is 0 Å². The molecular weight excluding hydrogens is 312 g/mol. The maximum Gasteiger partial charge on any atom is 0.263 e. The van der Waals surface area contributed by atoms with E-state index in [4.69, 9.17) is 15.7 Å². The zero-order valence-electron chi connectivity index (χ0n) is 12.6. The van der Waals surface area contributed by atoms with Gasteiger partial charge in [-0.1, -0.05) is 0 Å². The van der Waals surface area contributed by atoms with E-state index in [1.54, 1.807) is 6.20 Å². The van der Waals surface area contributed by atoms with Gasteiger partial charge in [-0.05, 0) is 0 Å². The quantitative estimate of drug-likeness (QED) is 0.703. The van der Waals surface area contributed by atoms with Crippen molar-refractivity contribution in [1.82, 2.24) is 24.6 Å². The number of nitrogens with one attached hydrogen (secondary N) is 1. The van der Waals surface area contributed by atoms with Crippen molar-refractivity contribution in [3.8, 4) is 11.9 Å². The molecule has 1 amide bonds. The molecule has 0 unspecified atom stereocenters. The van der Waals surface area contributed by atoms with Gasteiger partial charge in [0.15, 0.2) is 11.5 Å². The van der Waals surface area contributed by atoms with E-state index in [0.717, 1.165) is 0 Å². The van der Waals surface area contributed by atoms with E-state index >= 15 is 0 Å². The second-order valence-electron chi connectivity index (χ2n) is 4.73. The lowest BCUT2D eigenvalue weighted by Gasteiger charge is -2.07. The number of rotatable bonds is 4. The Morgan fingerprint density at radius 1 is 1.46 bits per heavy atom. The summed E-state index contributed by atoms with van der Waals surface area (Å²) in [7, 11) is 1.43. The number of fused-ring (bicyclic) bond motifs is 1. The Morgan fingerprint density at radius 2 is 2.29 bits per heavy atom. The second kappa shape index (κ2) is 6.17. The van der Waals surface area contributed by atoms with Gasteiger partial charge in [-0.15, -0.1) is 5.10 Å². The first-order chi connectivity index (χ1) is 11.6. The van der Waals surface area contributed by atoms with Crippen LogP contribution in [0.25, 0.3) is 5.65 Å². The highest BCUT2D eigenvalue weighted by Crippen LogP contribution is 2.22. The zero-order valence-corrected chi connectivity index (χ0v) is 12.6. The molecule has 0 aliphatic heterocycles. The van der Waals surface area contributed by atoms with E-state index in [9.17, 15) is 4.79 Å². The average Bonchev–Trinajstić information content (AvgIpc) is 2.90. The molecule has 10 nitrogen and oxygen atoms in total. The van der Waals surface area contributed by atoms with Crippen LogP contribution in [0.5, 0.6) is 5.88 Å². The van der Waals surface area contributed by atoms with Crippen molar-refractivity contribution in [3.63, 3.8) is 0 Å². The number of methoxy groups -OCH3 is 1. The van der Waals surface area contributed by atoms with Gasteiger partial charge in [0.05, 0.1) is 25.8 Å². The largest absolute Gasteiger partial charge is 0.479 e. The standard InChI is InChI=1S/C14H12N8O2/c1-24-14-9(5-17-7-19-14)20-13(23)10-11(16)21-22-6-8(2-3-15)4-18-12(10)22/h4-7H,2H2,1H3,(H2,16,21)(H,20,23). The summed E-state index contributed by atoms with van der Waals surface area (Å²) in [5.41, 5.74) is 7.20. The number of ether oxygens (including phenoxy) is 1. The van der Waals surface area contributed by atoms with Crippen LogP contribution in [-0.4, -0.2) is 37.6 Å². The van der Waals surface area contributed by atoms with E-state index in [1.165, 1.54) is 30.3 Å². The number of nitrogen functional groups attached to an aromatic ring is 1. The van der Waals surface area contributed by atoms with Gasteiger partial charge in [-0.2, -0.15) is 10.2 Å². The molecule has 0 saturated heterocycles. The Hall–Kier alpha value is -3.74. The molecule has 0 aliphatic carbocycles. The normalized spacial score (nSPS) is 10.3. The van der Waals surface area contributed by atoms with Crippen LogP contribution in [0.3, 0.4) is 0 Å². The molecule has 0 saturated carbocycles. The van der Waals surface area contributed by atoms with Gasteiger partial charge < -0.3 is 15.8 Å². The molecule has 120 valence electrons. The van der Waals surface area contributed by atoms with Crippen molar-refractivity contribution in [2.75, 3.05) is 18.2 Å². The fraction of sp³-hybridized carbons (Fsp3) is 0.143. The van der Waals surface area contributed by atoms with Gasteiger partial charge in [-0.3, -0.25) is 4.79 Å². The number of nitriles is 1. The summed E-state index contributed by atoms with van der Waals surface area (Å²) in [6, 6.07) is 2.02. The van der Waals surface area contributed by atoms with Crippen molar-refractivity contribution in [2.45, 2.75) is 6.42 Å². The van der Waals surface area contributed by atoms with E-state index in [0.29, 0.717) is 11.3 Å².